The summed E-state index contributed by atoms with van der Waals surface area (Å²) >= 11 is 3.51. The molecule has 1 amide bonds. The molecule has 1 unspecified atom stereocenters. The summed E-state index contributed by atoms with van der Waals surface area (Å²) in [5.41, 5.74) is 9.54. The number of nitrogens with two attached hydrogens (primary N) is 1. The maximum absolute atomic E-state index is 12.9. The van der Waals surface area contributed by atoms with Gasteiger partial charge in [-0.05, 0) is 50.8 Å². The summed E-state index contributed by atoms with van der Waals surface area (Å²) in [7, 11) is 1.80. The van der Waals surface area contributed by atoms with Crippen molar-refractivity contribution in [3.8, 4) is 5.69 Å². The molecule has 0 bridgehead atoms. The van der Waals surface area contributed by atoms with Crippen LogP contribution in [0.2, 0.25) is 0 Å². The number of aromatic nitrogens is 2. The van der Waals surface area contributed by atoms with E-state index in [0.29, 0.717) is 12.2 Å². The molecular weight excluding hydrogens is 404 g/mol. The topological polar surface area (TPSA) is 64.2 Å². The Morgan fingerprint density at radius 1 is 1.40 bits per heavy atom. The van der Waals surface area contributed by atoms with Gasteiger partial charge in [-0.2, -0.15) is 5.10 Å². The molecule has 25 heavy (non-hydrogen) atoms. The van der Waals surface area contributed by atoms with Crippen LogP contribution < -0.4 is 5.73 Å². The summed E-state index contributed by atoms with van der Waals surface area (Å²) in [5.74, 6) is -0.0418. The van der Waals surface area contributed by atoms with Gasteiger partial charge in [-0.1, -0.05) is 22.0 Å². The fourth-order valence-corrected chi connectivity index (χ4v) is 3.50. The van der Waals surface area contributed by atoms with E-state index in [1.165, 1.54) is 0 Å². The average Bonchev–Trinajstić information content (AvgIpc) is 2.99. The Balaban J connectivity index is 0.00000225. The van der Waals surface area contributed by atoms with E-state index in [1.54, 1.807) is 11.9 Å². The Morgan fingerprint density at radius 2 is 2.12 bits per heavy atom. The first kappa shape index (κ1) is 19.9. The molecule has 1 aromatic carbocycles. The Labute approximate surface area is 163 Å². The molecule has 0 spiro atoms. The highest BCUT2D eigenvalue weighted by Crippen LogP contribution is 2.28. The number of carbonyl (C=O) groups excluding carboxylic acids is 1. The number of hydrogen-bond acceptors (Lipinski definition) is 3. The minimum Gasteiger partial charge on any atom is -0.336 e. The van der Waals surface area contributed by atoms with Crippen molar-refractivity contribution in [1.29, 1.82) is 0 Å². The van der Waals surface area contributed by atoms with Crippen molar-refractivity contribution in [2.24, 2.45) is 5.73 Å². The largest absolute Gasteiger partial charge is 0.336 e. The predicted molar refractivity (Wildman–Crippen MR) is 106 cm³/mol. The van der Waals surface area contributed by atoms with E-state index < -0.39 is 0 Å². The maximum atomic E-state index is 12.9. The van der Waals surface area contributed by atoms with Crippen LogP contribution in [0, 0.1) is 0 Å². The van der Waals surface area contributed by atoms with Gasteiger partial charge in [-0.3, -0.25) is 4.79 Å². The summed E-state index contributed by atoms with van der Waals surface area (Å²) in [6, 6.07) is 8.02. The van der Waals surface area contributed by atoms with Gasteiger partial charge in [0, 0.05) is 35.4 Å². The number of halogens is 2. The van der Waals surface area contributed by atoms with E-state index >= 15 is 0 Å². The molecule has 1 aliphatic carbocycles. The Hall–Kier alpha value is -1.37. The van der Waals surface area contributed by atoms with Crippen LogP contribution in [-0.2, 0) is 12.8 Å². The molecule has 0 saturated heterocycles. The van der Waals surface area contributed by atoms with E-state index in [0.717, 1.165) is 47.1 Å². The second kappa shape index (κ2) is 8.34. The molecule has 1 aliphatic rings. The molecule has 1 atom stereocenters. The van der Waals surface area contributed by atoms with E-state index in [2.05, 4.69) is 15.9 Å². The van der Waals surface area contributed by atoms with Crippen LogP contribution in [0.15, 0.2) is 28.7 Å². The highest BCUT2D eigenvalue weighted by Gasteiger charge is 2.28. The number of nitrogens with zero attached hydrogens (tertiary/aromatic N) is 3. The first-order valence-electron chi connectivity index (χ1n) is 8.37. The van der Waals surface area contributed by atoms with Crippen LogP contribution >= 0.6 is 28.3 Å². The molecule has 0 radical (unpaired) electrons. The minimum atomic E-state index is -0.0418. The van der Waals surface area contributed by atoms with Crippen molar-refractivity contribution in [3.63, 3.8) is 0 Å². The number of amides is 1. The molecule has 0 fully saturated rings. The molecule has 0 saturated carbocycles. The Kier molecular flexibility index (Phi) is 6.65. The molecule has 7 heteroatoms. The number of carbonyl (C=O) groups is 1. The third-order valence-electron chi connectivity index (χ3n) is 4.76. The fourth-order valence-electron chi connectivity index (χ4n) is 3.12. The Bertz CT molecular complexity index is 762. The monoisotopic (exact) mass is 426 g/mol. The number of rotatable bonds is 4. The van der Waals surface area contributed by atoms with Crippen LogP contribution in [0.3, 0.4) is 0 Å². The lowest BCUT2D eigenvalue weighted by Gasteiger charge is -2.23. The molecular formula is C18H24BrClN4O. The fraction of sp³-hybridized carbons (Fsp3) is 0.444. The second-order valence-corrected chi connectivity index (χ2v) is 7.29. The van der Waals surface area contributed by atoms with Gasteiger partial charge in [0.15, 0.2) is 5.69 Å². The summed E-state index contributed by atoms with van der Waals surface area (Å²) in [6.45, 7) is 2.40. The van der Waals surface area contributed by atoms with Gasteiger partial charge in [0.1, 0.15) is 0 Å². The molecule has 0 aliphatic heterocycles. The van der Waals surface area contributed by atoms with Gasteiger partial charge in [-0.15, -0.1) is 12.4 Å². The normalized spacial score (nSPS) is 14.4. The summed E-state index contributed by atoms with van der Waals surface area (Å²) in [6.07, 6.45) is 4.11. The highest BCUT2D eigenvalue weighted by atomic mass is 79.9. The zero-order chi connectivity index (χ0) is 17.3. The maximum Gasteiger partial charge on any atom is 0.274 e. The van der Waals surface area contributed by atoms with Crippen LogP contribution in [0.5, 0.6) is 0 Å². The highest BCUT2D eigenvalue weighted by molar-refractivity contribution is 9.10. The second-order valence-electron chi connectivity index (χ2n) is 6.37. The number of benzene rings is 1. The standard InChI is InChI=1S/C18H23BrN4O.ClH/c1-12(11-20)22(2)18(24)17-15-8-3-4-9-16(15)23(21-17)14-7-5-6-13(19)10-14;/h5-7,10,12H,3-4,8-9,11,20H2,1-2H3;1H. The zero-order valence-electron chi connectivity index (χ0n) is 14.5. The summed E-state index contributed by atoms with van der Waals surface area (Å²) in [5, 5.41) is 4.70. The van der Waals surface area contributed by atoms with Crippen LogP contribution in [-0.4, -0.2) is 40.2 Å². The van der Waals surface area contributed by atoms with E-state index in [1.807, 2.05) is 35.9 Å². The first-order valence-corrected chi connectivity index (χ1v) is 9.16. The van der Waals surface area contributed by atoms with Gasteiger partial charge in [-0.25, -0.2) is 4.68 Å². The third-order valence-corrected chi connectivity index (χ3v) is 5.25. The molecule has 2 N–H and O–H groups in total. The van der Waals surface area contributed by atoms with Crippen LogP contribution in [0.25, 0.3) is 5.69 Å². The van der Waals surface area contributed by atoms with Crippen molar-refractivity contribution in [1.82, 2.24) is 14.7 Å². The molecule has 136 valence electrons. The van der Waals surface area contributed by atoms with Crippen molar-refractivity contribution in [3.05, 3.63) is 45.7 Å². The minimum absolute atomic E-state index is 0. The van der Waals surface area contributed by atoms with Gasteiger partial charge >= 0.3 is 0 Å². The SMILES string of the molecule is CC(CN)N(C)C(=O)c1nn(-c2cccc(Br)c2)c2c1CCCC2.Cl. The smallest absolute Gasteiger partial charge is 0.274 e. The van der Waals surface area contributed by atoms with Crippen molar-refractivity contribution in [2.45, 2.75) is 38.6 Å². The van der Waals surface area contributed by atoms with Gasteiger partial charge in [0.05, 0.1) is 5.69 Å². The zero-order valence-corrected chi connectivity index (χ0v) is 16.9. The van der Waals surface area contributed by atoms with E-state index in [-0.39, 0.29) is 24.4 Å². The van der Waals surface area contributed by atoms with E-state index in [9.17, 15) is 4.79 Å². The molecule has 1 aromatic heterocycles. The van der Waals surface area contributed by atoms with Gasteiger partial charge in [0.2, 0.25) is 0 Å². The average molecular weight is 428 g/mol. The molecule has 2 aromatic rings. The van der Waals surface area contributed by atoms with Gasteiger partial charge in [0.25, 0.3) is 5.91 Å². The lowest BCUT2D eigenvalue weighted by Crippen LogP contribution is -2.40. The van der Waals surface area contributed by atoms with Crippen molar-refractivity contribution >= 4 is 34.2 Å². The quantitative estimate of drug-likeness (QED) is 0.814. The van der Waals surface area contributed by atoms with Crippen molar-refractivity contribution < 1.29 is 4.79 Å². The van der Waals surface area contributed by atoms with Crippen LogP contribution in [0.1, 0.15) is 41.5 Å². The third kappa shape index (κ3) is 3.91. The predicted octanol–water partition coefficient (Wildman–Crippen LogP) is 3.35. The first-order chi connectivity index (χ1) is 11.5. The number of fused-ring (bicyclic) bond motifs is 1. The summed E-state index contributed by atoms with van der Waals surface area (Å²) < 4.78 is 2.94. The lowest BCUT2D eigenvalue weighted by atomic mass is 9.95. The summed E-state index contributed by atoms with van der Waals surface area (Å²) in [4.78, 5) is 14.6. The van der Waals surface area contributed by atoms with Gasteiger partial charge < -0.3 is 10.6 Å². The molecule has 3 rings (SSSR count). The lowest BCUT2D eigenvalue weighted by molar-refractivity contribution is 0.0741. The van der Waals surface area contributed by atoms with Crippen molar-refractivity contribution in [2.75, 3.05) is 13.6 Å². The van der Waals surface area contributed by atoms with E-state index in [4.69, 9.17) is 10.8 Å². The molecule has 1 heterocycles. The molecule has 5 nitrogen and oxygen atoms in total. The number of likely N-dealkylation sites (N-methyl/N-ethyl adjacent to an activating group) is 1. The van der Waals surface area contributed by atoms with Crippen LogP contribution in [0.4, 0.5) is 0 Å². The Morgan fingerprint density at radius 3 is 2.80 bits per heavy atom. The number of hydrogen-bond donors (Lipinski definition) is 1.